The van der Waals surface area contributed by atoms with Crippen molar-refractivity contribution in [2.24, 2.45) is 33.7 Å². The van der Waals surface area contributed by atoms with Gasteiger partial charge >= 0.3 is 5.97 Å². The van der Waals surface area contributed by atoms with Gasteiger partial charge in [0.2, 0.25) is 0 Å². The van der Waals surface area contributed by atoms with E-state index in [1.165, 1.54) is 5.57 Å². The zero-order valence-electron chi connectivity index (χ0n) is 23.7. The van der Waals surface area contributed by atoms with Crippen LogP contribution in [-0.2, 0) is 14.4 Å². The number of carbonyl (C=O) groups excluding carboxylic acids is 1. The third-order valence-corrected chi connectivity index (χ3v) is 11.0. The fraction of sp³-hybridized carbons (Fsp3) is 0.606. The number of benzene rings is 1. The van der Waals surface area contributed by atoms with Gasteiger partial charge in [-0.2, -0.15) is 0 Å². The number of oxime groups is 1. The van der Waals surface area contributed by atoms with Gasteiger partial charge < -0.3 is 20.4 Å². The zero-order valence-corrected chi connectivity index (χ0v) is 23.7. The number of rotatable bonds is 8. The van der Waals surface area contributed by atoms with Gasteiger partial charge in [0.05, 0.1) is 12.1 Å². The van der Waals surface area contributed by atoms with Gasteiger partial charge in [0.15, 0.2) is 6.61 Å². The van der Waals surface area contributed by atoms with E-state index >= 15 is 0 Å². The monoisotopic (exact) mass is 546 g/mol. The number of carboxylic acid groups (broad SMARTS) is 1. The summed E-state index contributed by atoms with van der Waals surface area (Å²) in [7, 11) is 0. The number of amides is 1. The van der Waals surface area contributed by atoms with E-state index in [9.17, 15) is 19.8 Å². The van der Waals surface area contributed by atoms with Crippen LogP contribution in [0.2, 0.25) is 0 Å². The topological polar surface area (TPSA) is 108 Å². The van der Waals surface area contributed by atoms with Crippen molar-refractivity contribution < 1.29 is 24.6 Å². The number of carboxylic acids is 1. The highest BCUT2D eigenvalue weighted by molar-refractivity contribution is 5.96. The molecule has 0 aliphatic heterocycles. The molecule has 1 amide bonds. The second kappa shape index (κ2) is 11.0. The average molecular weight is 547 g/mol. The predicted octanol–water partition coefficient (Wildman–Crippen LogP) is 5.06. The van der Waals surface area contributed by atoms with Crippen LogP contribution < -0.4 is 5.32 Å². The van der Waals surface area contributed by atoms with Crippen molar-refractivity contribution in [1.82, 2.24) is 5.32 Å². The maximum atomic E-state index is 12.4. The summed E-state index contributed by atoms with van der Waals surface area (Å²) in [6, 6.07) is 9.34. The molecular weight excluding hydrogens is 504 g/mol. The standard InChI is InChI=1S/C33H42N2O5/c1-4-33(39)17-14-28-26-11-10-24-19-25(12-15-31(24,2)27(26)13-16-32(28,33)3)35-40-21-29(36)34-20-23(18-30(37)38)22-8-6-5-7-9-22/h1,5-9,19,23,26-28,39H,10-18,20-21H2,2-3H3,(H,34,36)(H,37,38)/b35-25+/t23-,26+,27-,28-,31-,32-,33+/m0/s1. The molecule has 0 bridgehead atoms. The van der Waals surface area contributed by atoms with Crippen molar-refractivity contribution >= 4 is 17.6 Å². The Balaban J connectivity index is 1.17. The Bertz CT molecular complexity index is 1230. The molecule has 0 spiro atoms. The number of nitrogens with one attached hydrogen (secondary N) is 1. The first kappa shape index (κ1) is 28.4. The fourth-order valence-corrected chi connectivity index (χ4v) is 8.60. The minimum atomic E-state index is -0.978. The summed E-state index contributed by atoms with van der Waals surface area (Å²) in [5, 5.41) is 27.6. The van der Waals surface area contributed by atoms with Gasteiger partial charge in [0, 0.05) is 17.9 Å². The van der Waals surface area contributed by atoms with Crippen LogP contribution in [0.4, 0.5) is 0 Å². The lowest BCUT2D eigenvalue weighted by Crippen LogP contribution is -2.54. The molecule has 3 N–H and O–H groups in total. The summed E-state index contributed by atoms with van der Waals surface area (Å²) in [6.07, 6.45) is 15.7. The Morgan fingerprint density at radius 2 is 1.88 bits per heavy atom. The van der Waals surface area contributed by atoms with Gasteiger partial charge in [-0.25, -0.2) is 0 Å². The van der Waals surface area contributed by atoms with Crippen molar-refractivity contribution in [2.45, 2.75) is 83.2 Å². The Morgan fingerprint density at radius 3 is 2.60 bits per heavy atom. The number of hydrogen-bond donors (Lipinski definition) is 3. The van der Waals surface area contributed by atoms with Gasteiger partial charge in [-0.1, -0.05) is 60.8 Å². The molecule has 7 nitrogen and oxygen atoms in total. The maximum Gasteiger partial charge on any atom is 0.304 e. The van der Waals surface area contributed by atoms with E-state index in [0.717, 1.165) is 56.2 Å². The summed E-state index contributed by atoms with van der Waals surface area (Å²) in [5.41, 5.74) is 2.13. The van der Waals surface area contributed by atoms with Crippen LogP contribution in [0.15, 0.2) is 47.1 Å². The molecule has 0 radical (unpaired) electrons. The Kier molecular flexibility index (Phi) is 7.85. The summed E-state index contributed by atoms with van der Waals surface area (Å²) in [6.45, 7) is 4.65. The molecule has 1 aromatic carbocycles. The van der Waals surface area contributed by atoms with Gasteiger partial charge in [-0.15, -0.1) is 6.42 Å². The van der Waals surface area contributed by atoms with Gasteiger partial charge in [0.25, 0.3) is 5.91 Å². The highest BCUT2D eigenvalue weighted by atomic mass is 16.6. The van der Waals surface area contributed by atoms with Gasteiger partial charge in [-0.05, 0) is 86.2 Å². The van der Waals surface area contributed by atoms with Crippen molar-refractivity contribution in [3.63, 3.8) is 0 Å². The van der Waals surface area contributed by atoms with E-state index in [2.05, 4.69) is 36.3 Å². The van der Waals surface area contributed by atoms with Crippen molar-refractivity contribution in [3.8, 4) is 12.3 Å². The first-order valence-corrected chi connectivity index (χ1v) is 14.7. The molecule has 7 atom stereocenters. The third-order valence-electron chi connectivity index (χ3n) is 11.0. The number of hydrogen-bond acceptors (Lipinski definition) is 5. The lowest BCUT2D eigenvalue weighted by molar-refractivity contribution is -0.137. The SMILES string of the molecule is C#C[C@@]1(O)CC[C@H]2[C@@H]3CCC4=C/C(=N/OCC(=O)NC[C@H](CC(=O)O)c5ccccc5)CC[C@]4(C)[C@H]3CC[C@@]21C. The average Bonchev–Trinajstić information content (AvgIpc) is 3.22. The van der Waals surface area contributed by atoms with E-state index < -0.39 is 11.6 Å². The van der Waals surface area contributed by atoms with Crippen LogP contribution in [-0.4, -0.2) is 46.6 Å². The van der Waals surface area contributed by atoms with Gasteiger partial charge in [0.1, 0.15) is 5.60 Å². The Labute approximate surface area is 237 Å². The lowest BCUT2D eigenvalue weighted by atomic mass is 9.46. The van der Waals surface area contributed by atoms with Crippen LogP contribution in [0.25, 0.3) is 0 Å². The number of nitrogens with zero attached hydrogens (tertiary/aromatic N) is 1. The van der Waals surface area contributed by atoms with Gasteiger partial charge in [-0.3, -0.25) is 9.59 Å². The minimum Gasteiger partial charge on any atom is -0.481 e. The molecule has 3 saturated carbocycles. The molecule has 3 fully saturated rings. The van der Waals surface area contributed by atoms with Crippen LogP contribution >= 0.6 is 0 Å². The van der Waals surface area contributed by atoms with Crippen LogP contribution in [0.1, 0.15) is 83.1 Å². The first-order valence-electron chi connectivity index (χ1n) is 14.7. The number of aliphatic carboxylic acids is 1. The minimum absolute atomic E-state index is 0.0631. The Morgan fingerprint density at radius 1 is 1.12 bits per heavy atom. The molecule has 0 saturated heterocycles. The Hall–Kier alpha value is -3.11. The second-order valence-electron chi connectivity index (χ2n) is 12.9. The van der Waals surface area contributed by atoms with E-state index in [1.54, 1.807) is 0 Å². The number of fused-ring (bicyclic) bond motifs is 5. The molecule has 0 aromatic heterocycles. The van der Waals surface area contributed by atoms with Crippen molar-refractivity contribution in [2.75, 3.05) is 13.2 Å². The van der Waals surface area contributed by atoms with E-state index in [1.807, 2.05) is 30.3 Å². The van der Waals surface area contributed by atoms with Crippen molar-refractivity contribution in [1.29, 1.82) is 0 Å². The summed E-state index contributed by atoms with van der Waals surface area (Å²) in [5.74, 6) is 2.87. The molecule has 40 heavy (non-hydrogen) atoms. The van der Waals surface area contributed by atoms with E-state index in [0.29, 0.717) is 24.2 Å². The highest BCUT2D eigenvalue weighted by Gasteiger charge is 2.63. The number of terminal acetylenes is 1. The predicted molar refractivity (Wildman–Crippen MR) is 153 cm³/mol. The van der Waals surface area contributed by atoms with Crippen LogP contribution in [0.5, 0.6) is 0 Å². The highest BCUT2D eigenvalue weighted by Crippen LogP contribution is 2.67. The number of carbonyl (C=O) groups is 2. The molecular formula is C33H42N2O5. The normalized spacial score (nSPS) is 36.3. The summed E-state index contributed by atoms with van der Waals surface area (Å²) >= 11 is 0. The molecule has 214 valence electrons. The molecule has 4 aliphatic rings. The number of aliphatic hydroxyl groups is 1. The third kappa shape index (κ3) is 5.07. The van der Waals surface area contributed by atoms with Crippen LogP contribution in [0.3, 0.4) is 0 Å². The van der Waals surface area contributed by atoms with Crippen LogP contribution in [0, 0.1) is 40.9 Å². The zero-order chi connectivity index (χ0) is 28.5. The van der Waals surface area contributed by atoms with Crippen molar-refractivity contribution in [3.05, 3.63) is 47.5 Å². The fourth-order valence-electron chi connectivity index (χ4n) is 8.60. The number of allylic oxidation sites excluding steroid dienone is 2. The summed E-state index contributed by atoms with van der Waals surface area (Å²) < 4.78 is 0. The quantitative estimate of drug-likeness (QED) is 0.312. The second-order valence-corrected chi connectivity index (χ2v) is 12.9. The lowest BCUT2D eigenvalue weighted by Gasteiger charge is -2.58. The molecule has 0 unspecified atom stereocenters. The summed E-state index contributed by atoms with van der Waals surface area (Å²) in [4.78, 5) is 29.2. The molecule has 0 heterocycles. The molecule has 7 heteroatoms. The van der Waals surface area contributed by atoms with E-state index in [4.69, 9.17) is 11.3 Å². The maximum absolute atomic E-state index is 12.4. The molecule has 1 aromatic rings. The van der Waals surface area contributed by atoms with E-state index in [-0.39, 0.29) is 42.2 Å². The smallest absolute Gasteiger partial charge is 0.304 e. The largest absolute Gasteiger partial charge is 0.481 e. The molecule has 5 rings (SSSR count). The molecule has 4 aliphatic carbocycles. The first-order chi connectivity index (χ1) is 19.1.